The summed E-state index contributed by atoms with van der Waals surface area (Å²) in [6.45, 7) is 0. The quantitative estimate of drug-likeness (QED) is 0.166. The zero-order valence-corrected chi connectivity index (χ0v) is 31.5. The van der Waals surface area contributed by atoms with Crippen LogP contribution in [0.4, 0.5) is 0 Å². The Hall–Kier alpha value is -7.83. The fraction of sp³-hybridized carbons (Fsp3) is 0.0377. The van der Waals surface area contributed by atoms with Crippen LogP contribution in [0.2, 0.25) is 0 Å². The van der Waals surface area contributed by atoms with Crippen LogP contribution in [-0.2, 0) is 0 Å². The van der Waals surface area contributed by atoms with Gasteiger partial charge in [0, 0.05) is 60.9 Å². The second-order valence-electron chi connectivity index (χ2n) is 15.4. The van der Waals surface area contributed by atoms with Gasteiger partial charge in [0.2, 0.25) is 0 Å². The summed E-state index contributed by atoms with van der Waals surface area (Å²) in [6, 6.07) is 54.4. The Morgan fingerprint density at radius 1 is 0.458 bits per heavy atom. The Morgan fingerprint density at radius 2 is 1.10 bits per heavy atom. The van der Waals surface area contributed by atoms with Gasteiger partial charge in [-0.25, -0.2) is 15.0 Å². The van der Waals surface area contributed by atoms with Gasteiger partial charge in [-0.1, -0.05) is 133 Å². The predicted octanol–water partition coefficient (Wildman–Crippen LogP) is 13.5. The molecule has 0 N–H and O–H groups in total. The molecule has 2 unspecified atom stereocenters. The number of benzene rings is 8. The van der Waals surface area contributed by atoms with Gasteiger partial charge in [0.1, 0.15) is 34.2 Å². The van der Waals surface area contributed by atoms with Crippen molar-refractivity contribution in [3.8, 4) is 39.9 Å². The van der Waals surface area contributed by atoms with Crippen molar-refractivity contribution < 1.29 is 13.6 Å². The summed E-state index contributed by atoms with van der Waals surface area (Å²) in [4.78, 5) is 15.7. The highest BCUT2D eigenvalue weighted by Gasteiger charge is 2.38. The average molecular weight is 758 g/mol. The van der Waals surface area contributed by atoms with Crippen molar-refractivity contribution >= 4 is 71.0 Å². The molecular formula is C53H31N3O3. The van der Waals surface area contributed by atoms with Gasteiger partial charge in [0.15, 0.2) is 17.5 Å². The molecule has 4 heterocycles. The number of furan rings is 2. The van der Waals surface area contributed by atoms with Crippen molar-refractivity contribution in [2.75, 3.05) is 0 Å². The molecule has 3 aromatic heterocycles. The molecule has 2 atom stereocenters. The first kappa shape index (κ1) is 32.3. The zero-order valence-electron chi connectivity index (χ0n) is 31.5. The van der Waals surface area contributed by atoms with E-state index in [1.54, 1.807) is 0 Å². The van der Waals surface area contributed by atoms with E-state index in [9.17, 15) is 0 Å². The van der Waals surface area contributed by atoms with Crippen LogP contribution in [-0.4, -0.2) is 21.1 Å². The largest absolute Gasteiger partial charge is 0.484 e. The average Bonchev–Trinajstić information content (AvgIpc) is 4.00. The van der Waals surface area contributed by atoms with Crippen LogP contribution in [0.15, 0.2) is 185 Å². The van der Waals surface area contributed by atoms with Crippen molar-refractivity contribution in [1.29, 1.82) is 0 Å². The molecule has 0 radical (unpaired) electrons. The van der Waals surface area contributed by atoms with Gasteiger partial charge in [-0.2, -0.15) is 0 Å². The summed E-state index contributed by atoms with van der Waals surface area (Å²) >= 11 is 0. The van der Waals surface area contributed by atoms with Crippen LogP contribution in [0.5, 0.6) is 5.75 Å². The fourth-order valence-corrected chi connectivity index (χ4v) is 9.33. The molecule has 0 fully saturated rings. The van der Waals surface area contributed by atoms with Gasteiger partial charge in [-0.05, 0) is 64.0 Å². The first-order chi connectivity index (χ1) is 29.2. The monoisotopic (exact) mass is 757 g/mol. The second-order valence-corrected chi connectivity index (χ2v) is 15.4. The molecule has 0 amide bonds. The molecule has 1 aliphatic heterocycles. The maximum atomic E-state index is 6.81. The van der Waals surface area contributed by atoms with Crippen molar-refractivity contribution in [2.45, 2.75) is 12.0 Å². The lowest BCUT2D eigenvalue weighted by molar-refractivity contribution is 0.278. The number of rotatable bonds is 4. The minimum Gasteiger partial charge on any atom is -0.484 e. The zero-order chi connectivity index (χ0) is 38.6. The maximum absolute atomic E-state index is 6.81. The van der Waals surface area contributed by atoms with E-state index in [2.05, 4.69) is 133 Å². The number of aromatic nitrogens is 3. The molecule has 0 spiro atoms. The molecule has 6 nitrogen and oxygen atoms in total. The van der Waals surface area contributed by atoms with Crippen LogP contribution in [0.25, 0.3) is 105 Å². The first-order valence-electron chi connectivity index (χ1n) is 19.9. The highest BCUT2D eigenvalue weighted by molar-refractivity contribution is 6.15. The van der Waals surface area contributed by atoms with Gasteiger partial charge in [-0.15, -0.1) is 0 Å². The van der Waals surface area contributed by atoms with Gasteiger partial charge >= 0.3 is 0 Å². The third kappa shape index (κ3) is 4.90. The van der Waals surface area contributed by atoms with E-state index < -0.39 is 0 Å². The lowest BCUT2D eigenvalue weighted by Gasteiger charge is -2.23. The lowest BCUT2D eigenvalue weighted by Crippen LogP contribution is -2.21. The van der Waals surface area contributed by atoms with E-state index in [0.717, 1.165) is 82.8 Å². The number of hydrogen-bond acceptors (Lipinski definition) is 6. The van der Waals surface area contributed by atoms with Gasteiger partial charge in [0.05, 0.1) is 0 Å². The molecule has 0 saturated heterocycles. The van der Waals surface area contributed by atoms with Crippen LogP contribution in [0.1, 0.15) is 17.0 Å². The molecule has 0 saturated carbocycles. The van der Waals surface area contributed by atoms with E-state index in [0.29, 0.717) is 17.5 Å². The number of hydrogen-bond donors (Lipinski definition) is 0. The molecule has 8 aromatic carbocycles. The Labute approximate surface area is 337 Å². The summed E-state index contributed by atoms with van der Waals surface area (Å²) in [7, 11) is 0. The van der Waals surface area contributed by atoms with Crippen molar-refractivity contribution in [3.63, 3.8) is 0 Å². The van der Waals surface area contributed by atoms with Crippen LogP contribution < -0.4 is 4.74 Å². The normalized spacial score (nSPS) is 16.0. The Morgan fingerprint density at radius 3 is 1.98 bits per heavy atom. The third-order valence-corrected chi connectivity index (χ3v) is 12.1. The van der Waals surface area contributed by atoms with E-state index in [-0.39, 0.29) is 12.0 Å². The highest BCUT2D eigenvalue weighted by atomic mass is 16.5. The van der Waals surface area contributed by atoms with Crippen molar-refractivity contribution in [1.82, 2.24) is 15.0 Å². The number of nitrogens with zero attached hydrogens (tertiary/aromatic N) is 3. The molecular weight excluding hydrogens is 727 g/mol. The Kier molecular flexibility index (Phi) is 6.75. The van der Waals surface area contributed by atoms with Gasteiger partial charge in [-0.3, -0.25) is 0 Å². The number of para-hydroxylation sites is 3. The minimum absolute atomic E-state index is 0.114. The molecule has 59 heavy (non-hydrogen) atoms. The molecule has 13 rings (SSSR count). The van der Waals surface area contributed by atoms with Gasteiger partial charge < -0.3 is 13.6 Å². The molecule has 2 aliphatic rings. The van der Waals surface area contributed by atoms with Crippen LogP contribution >= 0.6 is 0 Å². The first-order valence-corrected chi connectivity index (χ1v) is 19.9. The third-order valence-electron chi connectivity index (χ3n) is 12.1. The van der Waals surface area contributed by atoms with E-state index in [4.69, 9.17) is 28.5 Å². The SMILES string of the molecule is C1=CC2c3ccccc3OC2C(c2ccc(-c3nc(-c4ccc5c(ccc6ccccc65)c4)nc(-c4ccc5c(c4)oc4ccccc45)n3)c3c2oc2ccccc23)=C1. The van der Waals surface area contributed by atoms with E-state index in [1.807, 2.05) is 42.5 Å². The van der Waals surface area contributed by atoms with Crippen molar-refractivity contribution in [2.24, 2.45) is 0 Å². The van der Waals surface area contributed by atoms with Crippen LogP contribution in [0.3, 0.4) is 0 Å². The molecule has 276 valence electrons. The topological polar surface area (TPSA) is 74.2 Å². The minimum atomic E-state index is -0.173. The number of allylic oxidation sites excluding steroid dienone is 2. The smallest absolute Gasteiger partial charge is 0.164 e. The highest BCUT2D eigenvalue weighted by Crippen LogP contribution is 2.49. The second kappa shape index (κ2) is 12.3. The number of fused-ring (bicyclic) bond motifs is 12. The summed E-state index contributed by atoms with van der Waals surface area (Å²) in [5.41, 5.74) is 9.03. The van der Waals surface area contributed by atoms with Crippen molar-refractivity contribution in [3.05, 3.63) is 187 Å². The molecule has 1 aliphatic carbocycles. The van der Waals surface area contributed by atoms with E-state index in [1.165, 1.54) is 21.7 Å². The summed E-state index contributed by atoms with van der Waals surface area (Å²) in [5.74, 6) is 2.72. The predicted molar refractivity (Wildman–Crippen MR) is 236 cm³/mol. The molecule has 6 heteroatoms. The summed E-state index contributed by atoms with van der Waals surface area (Å²) < 4.78 is 19.8. The lowest BCUT2D eigenvalue weighted by atomic mass is 9.83. The summed E-state index contributed by atoms with van der Waals surface area (Å²) in [5, 5.41) is 8.77. The standard InChI is InChI=1S/C53H31N3O3/c1-2-11-34-30(10-1)20-21-31-28-32(22-24-35(31)34)51-54-52(33-23-25-38-36-12-3-6-17-44(36)57-47(38)29-33)56-53(55-51)43-27-26-41(50-48(43)42-14-5-8-19-46(42)59-50)40-16-9-15-39-37-13-4-7-18-45(37)58-49(39)40/h1-29,39,49H. The summed E-state index contributed by atoms with van der Waals surface area (Å²) in [6.07, 6.45) is 6.36. The van der Waals surface area contributed by atoms with Crippen LogP contribution in [0, 0.1) is 0 Å². The number of ether oxygens (including phenoxy) is 1. The fourth-order valence-electron chi connectivity index (χ4n) is 9.33. The Bertz CT molecular complexity index is 3630. The Balaban J connectivity index is 1.03. The van der Waals surface area contributed by atoms with E-state index >= 15 is 0 Å². The van der Waals surface area contributed by atoms with Gasteiger partial charge in [0.25, 0.3) is 0 Å². The maximum Gasteiger partial charge on any atom is 0.164 e. The molecule has 11 aromatic rings. The molecule has 0 bridgehead atoms.